The van der Waals surface area contributed by atoms with Gasteiger partial charge >= 0.3 is 0 Å². The number of halogens is 1. The van der Waals surface area contributed by atoms with Gasteiger partial charge in [0.15, 0.2) is 11.5 Å². The van der Waals surface area contributed by atoms with E-state index in [1.54, 1.807) is 31.4 Å². The quantitative estimate of drug-likeness (QED) is 0.516. The zero-order valence-electron chi connectivity index (χ0n) is 17.4. The second-order valence-corrected chi connectivity index (χ2v) is 7.61. The molecule has 1 aromatic heterocycles. The van der Waals surface area contributed by atoms with E-state index in [1.807, 2.05) is 6.07 Å². The number of nitrogens with zero attached hydrogens (tertiary/aromatic N) is 2. The Labute approximate surface area is 189 Å². The van der Waals surface area contributed by atoms with Crippen LogP contribution in [0.25, 0.3) is 10.9 Å². The Morgan fingerprint density at radius 3 is 2.81 bits per heavy atom. The Hall–Kier alpha value is -3.59. The number of rotatable bonds is 1. The number of anilines is 2. The van der Waals surface area contributed by atoms with Crippen LogP contribution < -0.4 is 25.4 Å². The molecule has 2 heterocycles. The number of ether oxygens (including phenoxy) is 2. The zero-order chi connectivity index (χ0) is 22.5. The number of fused-ring (bicyclic) bond motifs is 2. The number of amides is 2. The van der Waals surface area contributed by atoms with Gasteiger partial charge in [-0.15, -0.1) is 0 Å². The van der Waals surface area contributed by atoms with Gasteiger partial charge in [0.2, 0.25) is 11.8 Å². The lowest BCUT2D eigenvalue weighted by Gasteiger charge is -2.15. The minimum Gasteiger partial charge on any atom is -0.493 e. The normalized spacial score (nSPS) is 15.1. The lowest BCUT2D eigenvalue weighted by atomic mass is 10.1. The Bertz CT molecular complexity index is 1170. The molecular weight excluding hydrogens is 434 g/mol. The summed E-state index contributed by atoms with van der Waals surface area (Å²) in [6.07, 6.45) is 2.10. The molecule has 0 radical (unpaired) electrons. The van der Waals surface area contributed by atoms with E-state index in [9.17, 15) is 9.59 Å². The van der Waals surface area contributed by atoms with Gasteiger partial charge in [-0.1, -0.05) is 17.7 Å². The number of carbonyl (C=O) groups is 2. The summed E-state index contributed by atoms with van der Waals surface area (Å²) in [5.41, 5.74) is 1.99. The van der Waals surface area contributed by atoms with Crippen LogP contribution in [0.1, 0.15) is 12.0 Å². The molecule has 3 aromatic rings. The van der Waals surface area contributed by atoms with Crippen molar-refractivity contribution in [2.45, 2.75) is 12.8 Å². The Morgan fingerprint density at radius 2 is 1.97 bits per heavy atom. The van der Waals surface area contributed by atoms with Crippen molar-refractivity contribution >= 4 is 45.8 Å². The monoisotopic (exact) mass is 455 g/mol. The van der Waals surface area contributed by atoms with E-state index in [0.717, 1.165) is 5.39 Å². The van der Waals surface area contributed by atoms with Crippen LogP contribution in [-0.4, -0.2) is 48.6 Å². The van der Waals surface area contributed by atoms with Gasteiger partial charge < -0.3 is 25.4 Å². The molecular formula is C22H22ClN5O4. The highest BCUT2D eigenvalue weighted by Crippen LogP contribution is 2.35. The number of carbonyl (C=O) groups excluding carboxylic acids is 2. The summed E-state index contributed by atoms with van der Waals surface area (Å²) in [4.78, 5) is 33.1. The van der Waals surface area contributed by atoms with Gasteiger partial charge in [0.1, 0.15) is 12.1 Å². The van der Waals surface area contributed by atoms with E-state index >= 15 is 0 Å². The third-order valence-electron chi connectivity index (χ3n) is 4.94. The van der Waals surface area contributed by atoms with Crippen LogP contribution in [0.15, 0.2) is 36.7 Å². The highest BCUT2D eigenvalue weighted by atomic mass is 35.5. The minimum absolute atomic E-state index is 0.0674. The van der Waals surface area contributed by atoms with E-state index in [2.05, 4.69) is 25.9 Å². The lowest BCUT2D eigenvalue weighted by molar-refractivity contribution is -0.125. The van der Waals surface area contributed by atoms with Crippen LogP contribution in [0.2, 0.25) is 5.02 Å². The van der Waals surface area contributed by atoms with Gasteiger partial charge in [-0.05, 0) is 30.2 Å². The fourth-order valence-electron chi connectivity index (χ4n) is 3.34. The van der Waals surface area contributed by atoms with E-state index in [0.29, 0.717) is 58.7 Å². The zero-order valence-corrected chi connectivity index (χ0v) is 18.2. The van der Waals surface area contributed by atoms with E-state index in [1.165, 1.54) is 6.33 Å². The van der Waals surface area contributed by atoms with Gasteiger partial charge in [-0.2, -0.15) is 0 Å². The third-order valence-corrected chi connectivity index (χ3v) is 5.18. The van der Waals surface area contributed by atoms with Crippen molar-refractivity contribution in [3.63, 3.8) is 0 Å². The van der Waals surface area contributed by atoms with Gasteiger partial charge in [0.05, 0.1) is 32.2 Å². The average molecular weight is 456 g/mol. The van der Waals surface area contributed by atoms with Crippen LogP contribution in [0.4, 0.5) is 11.5 Å². The van der Waals surface area contributed by atoms with Gasteiger partial charge in [-0.3, -0.25) is 9.59 Å². The molecule has 0 fully saturated rings. The van der Waals surface area contributed by atoms with Crippen LogP contribution >= 0.6 is 11.6 Å². The maximum atomic E-state index is 12.4. The predicted molar refractivity (Wildman–Crippen MR) is 121 cm³/mol. The predicted octanol–water partition coefficient (Wildman–Crippen LogP) is 2.59. The van der Waals surface area contributed by atoms with Gasteiger partial charge in [0, 0.05) is 28.7 Å². The first-order chi connectivity index (χ1) is 15.5. The fraction of sp³-hybridized carbons (Fsp3) is 0.273. The molecule has 0 spiro atoms. The molecule has 2 bridgehead atoms. The number of aromatic nitrogens is 2. The second-order valence-electron chi connectivity index (χ2n) is 7.17. The van der Waals surface area contributed by atoms with Crippen molar-refractivity contribution in [2.75, 3.05) is 32.1 Å². The first-order valence-corrected chi connectivity index (χ1v) is 10.5. The van der Waals surface area contributed by atoms with E-state index < -0.39 is 0 Å². The number of hydrogen-bond donors (Lipinski definition) is 3. The summed E-state index contributed by atoms with van der Waals surface area (Å²) in [6, 6.07) is 8.78. The van der Waals surface area contributed by atoms with E-state index in [-0.39, 0.29) is 24.8 Å². The summed E-state index contributed by atoms with van der Waals surface area (Å²) in [6.45, 7) is 0.683. The summed E-state index contributed by atoms with van der Waals surface area (Å²) < 4.78 is 11.4. The van der Waals surface area contributed by atoms with Crippen molar-refractivity contribution in [3.05, 3.63) is 47.2 Å². The fourth-order valence-corrected chi connectivity index (χ4v) is 3.51. The average Bonchev–Trinajstić information content (AvgIpc) is 2.78. The lowest BCUT2D eigenvalue weighted by Crippen LogP contribution is -2.38. The Kier molecular flexibility index (Phi) is 6.55. The Balaban J connectivity index is 1.78. The van der Waals surface area contributed by atoms with Crippen LogP contribution in [-0.2, 0) is 16.0 Å². The van der Waals surface area contributed by atoms with E-state index in [4.69, 9.17) is 21.1 Å². The molecule has 0 atom stereocenters. The van der Waals surface area contributed by atoms with Crippen molar-refractivity contribution in [3.8, 4) is 11.5 Å². The number of hydrogen-bond acceptors (Lipinski definition) is 7. The molecule has 0 saturated carbocycles. The number of benzene rings is 2. The maximum Gasteiger partial charge on any atom is 0.239 e. The highest BCUT2D eigenvalue weighted by molar-refractivity contribution is 6.31. The van der Waals surface area contributed by atoms with Crippen molar-refractivity contribution < 1.29 is 19.1 Å². The second kappa shape index (κ2) is 9.69. The first-order valence-electron chi connectivity index (χ1n) is 10.1. The molecule has 4 rings (SSSR count). The standard InChI is InChI=1S/C22H22ClN5O4/c1-31-18-10-17-15-9-19(18)32-6-2-5-24-21(30)11-25-20(29)7-13-3-4-14(23)8-16(13)28-22(15)27-12-26-17/h3-4,8-10,12H,2,5-7,11H2,1H3,(H,24,30)(H,25,29)(H,26,27,28). The minimum atomic E-state index is -0.280. The molecule has 0 aliphatic carbocycles. The SMILES string of the molecule is COc1cc2ncnc3c2cc1OCCCNC(=O)CNC(=O)Cc1ccc(Cl)cc1N3. The summed E-state index contributed by atoms with van der Waals surface area (Å²) in [7, 11) is 1.56. The van der Waals surface area contributed by atoms with Crippen molar-refractivity contribution in [1.29, 1.82) is 0 Å². The molecule has 32 heavy (non-hydrogen) atoms. The summed E-state index contributed by atoms with van der Waals surface area (Å²) in [5, 5.41) is 9.89. The molecule has 3 N–H and O–H groups in total. The smallest absolute Gasteiger partial charge is 0.239 e. The molecule has 1 aliphatic rings. The summed E-state index contributed by atoms with van der Waals surface area (Å²) >= 11 is 6.21. The molecule has 166 valence electrons. The van der Waals surface area contributed by atoms with Crippen molar-refractivity contribution in [2.24, 2.45) is 0 Å². The molecule has 10 heteroatoms. The highest BCUT2D eigenvalue weighted by Gasteiger charge is 2.15. The van der Waals surface area contributed by atoms with Crippen LogP contribution in [0, 0.1) is 0 Å². The van der Waals surface area contributed by atoms with Crippen LogP contribution in [0.3, 0.4) is 0 Å². The molecule has 2 aromatic carbocycles. The largest absolute Gasteiger partial charge is 0.493 e. The topological polar surface area (TPSA) is 114 Å². The van der Waals surface area contributed by atoms with Gasteiger partial charge in [0.25, 0.3) is 0 Å². The third kappa shape index (κ3) is 5.00. The maximum absolute atomic E-state index is 12.4. The molecule has 0 saturated heterocycles. The van der Waals surface area contributed by atoms with Gasteiger partial charge in [-0.25, -0.2) is 9.97 Å². The Morgan fingerprint density at radius 1 is 1.09 bits per heavy atom. The molecule has 1 aliphatic heterocycles. The molecule has 9 nitrogen and oxygen atoms in total. The molecule has 0 unspecified atom stereocenters. The van der Waals surface area contributed by atoms with Crippen LogP contribution in [0.5, 0.6) is 11.5 Å². The summed E-state index contributed by atoms with van der Waals surface area (Å²) in [5.74, 6) is 1.07. The number of nitrogens with one attached hydrogen (secondary N) is 3. The number of methoxy groups -OCH3 is 1. The van der Waals surface area contributed by atoms with Crippen molar-refractivity contribution in [1.82, 2.24) is 20.6 Å². The molecule has 2 amide bonds. The first kappa shape index (κ1) is 21.6.